The van der Waals surface area contributed by atoms with E-state index in [1.165, 1.54) is 0 Å². The van der Waals surface area contributed by atoms with Crippen LogP contribution in [-0.2, 0) is 0 Å². The molecule has 0 saturated carbocycles. The molecule has 0 atom stereocenters. The Morgan fingerprint density at radius 1 is 1.56 bits per heavy atom. The van der Waals surface area contributed by atoms with Crippen molar-refractivity contribution in [1.82, 2.24) is 15.2 Å². The van der Waals surface area contributed by atoms with Gasteiger partial charge in [0.25, 0.3) is 5.91 Å². The number of hydrogen-bond acceptors (Lipinski definition) is 4. The van der Waals surface area contributed by atoms with Crippen molar-refractivity contribution in [2.45, 2.75) is 0 Å². The second kappa shape index (κ2) is 6.16. The van der Waals surface area contributed by atoms with E-state index in [9.17, 15) is 4.79 Å². The van der Waals surface area contributed by atoms with Crippen LogP contribution in [0.15, 0.2) is 31.0 Å². The van der Waals surface area contributed by atoms with Crippen LogP contribution >= 0.6 is 0 Å². The first-order chi connectivity index (χ1) is 8.83. The van der Waals surface area contributed by atoms with Gasteiger partial charge >= 0.3 is 0 Å². The van der Waals surface area contributed by atoms with E-state index < -0.39 is 0 Å². The minimum Gasteiger partial charge on any atom is -0.487 e. The molecular formula is C13H17N3O2. The van der Waals surface area contributed by atoms with Gasteiger partial charge in [0, 0.05) is 32.4 Å². The van der Waals surface area contributed by atoms with Crippen molar-refractivity contribution in [2.75, 3.05) is 32.8 Å². The molecule has 2 rings (SSSR count). The highest BCUT2D eigenvalue weighted by Gasteiger charge is 2.22. The summed E-state index contributed by atoms with van der Waals surface area (Å²) in [4.78, 5) is 18.2. The smallest absolute Gasteiger partial charge is 0.276 e. The predicted octanol–water partition coefficient (Wildman–Crippen LogP) is 0.692. The van der Waals surface area contributed by atoms with Gasteiger partial charge in [0.2, 0.25) is 0 Å². The quantitative estimate of drug-likeness (QED) is 0.795. The molecule has 0 aliphatic carbocycles. The van der Waals surface area contributed by atoms with Gasteiger partial charge < -0.3 is 15.0 Å². The van der Waals surface area contributed by atoms with E-state index in [1.54, 1.807) is 29.3 Å². The van der Waals surface area contributed by atoms with Crippen molar-refractivity contribution >= 4 is 5.91 Å². The van der Waals surface area contributed by atoms with Gasteiger partial charge in [0.15, 0.2) is 11.4 Å². The number of piperazine rings is 1. The van der Waals surface area contributed by atoms with Crippen LogP contribution < -0.4 is 10.1 Å². The minimum absolute atomic E-state index is 0.0730. The maximum atomic E-state index is 12.3. The zero-order chi connectivity index (χ0) is 12.8. The lowest BCUT2D eigenvalue weighted by Crippen LogP contribution is -2.46. The molecule has 5 heteroatoms. The van der Waals surface area contributed by atoms with E-state index in [0.717, 1.165) is 13.1 Å². The number of nitrogens with one attached hydrogen (secondary N) is 1. The van der Waals surface area contributed by atoms with Gasteiger partial charge in [-0.2, -0.15) is 0 Å². The Morgan fingerprint density at radius 2 is 2.33 bits per heavy atom. The molecule has 5 nitrogen and oxygen atoms in total. The SMILES string of the molecule is C=CCOc1cccnc1C(=O)N1CCNCC1. The molecule has 0 spiro atoms. The number of nitrogens with zero attached hydrogens (tertiary/aromatic N) is 2. The summed E-state index contributed by atoms with van der Waals surface area (Å²) in [5.41, 5.74) is 0.376. The molecule has 1 aromatic rings. The van der Waals surface area contributed by atoms with Gasteiger partial charge in [-0.25, -0.2) is 4.98 Å². The average molecular weight is 247 g/mol. The van der Waals surface area contributed by atoms with E-state index in [0.29, 0.717) is 31.1 Å². The highest BCUT2D eigenvalue weighted by Crippen LogP contribution is 2.17. The predicted molar refractivity (Wildman–Crippen MR) is 68.7 cm³/mol. The molecule has 1 saturated heterocycles. The molecule has 0 aromatic carbocycles. The zero-order valence-electron chi connectivity index (χ0n) is 10.3. The van der Waals surface area contributed by atoms with Gasteiger partial charge in [0.1, 0.15) is 6.61 Å². The average Bonchev–Trinajstić information content (AvgIpc) is 2.45. The molecule has 1 amide bonds. The summed E-state index contributed by atoms with van der Waals surface area (Å²) >= 11 is 0. The molecule has 1 aliphatic rings. The lowest BCUT2D eigenvalue weighted by molar-refractivity contribution is 0.0725. The van der Waals surface area contributed by atoms with Crippen LogP contribution in [0.3, 0.4) is 0 Å². The molecule has 0 unspecified atom stereocenters. The summed E-state index contributed by atoms with van der Waals surface area (Å²) in [7, 11) is 0. The number of ether oxygens (including phenoxy) is 1. The fourth-order valence-electron chi connectivity index (χ4n) is 1.83. The van der Waals surface area contributed by atoms with Crippen molar-refractivity contribution in [3.63, 3.8) is 0 Å². The molecule has 2 heterocycles. The molecule has 0 radical (unpaired) electrons. The van der Waals surface area contributed by atoms with E-state index in [2.05, 4.69) is 16.9 Å². The monoisotopic (exact) mass is 247 g/mol. The van der Waals surface area contributed by atoms with E-state index in [-0.39, 0.29) is 5.91 Å². The highest BCUT2D eigenvalue weighted by molar-refractivity contribution is 5.95. The summed E-state index contributed by atoms with van der Waals surface area (Å²) < 4.78 is 5.45. The lowest BCUT2D eigenvalue weighted by atomic mass is 10.2. The number of rotatable bonds is 4. The van der Waals surface area contributed by atoms with Gasteiger partial charge in [-0.15, -0.1) is 0 Å². The summed E-state index contributed by atoms with van der Waals surface area (Å²) in [6.07, 6.45) is 3.25. The van der Waals surface area contributed by atoms with Crippen molar-refractivity contribution in [1.29, 1.82) is 0 Å². The number of aromatic nitrogens is 1. The molecule has 18 heavy (non-hydrogen) atoms. The Bertz CT molecular complexity index is 428. The standard InChI is InChI=1S/C13H17N3O2/c1-2-10-18-11-4-3-5-15-12(11)13(17)16-8-6-14-7-9-16/h2-5,14H,1,6-10H2. The van der Waals surface area contributed by atoms with Gasteiger partial charge in [-0.3, -0.25) is 4.79 Å². The number of amides is 1. The normalized spacial score (nSPS) is 15.2. The van der Waals surface area contributed by atoms with Crippen LogP contribution in [0.2, 0.25) is 0 Å². The lowest BCUT2D eigenvalue weighted by Gasteiger charge is -2.27. The van der Waals surface area contributed by atoms with E-state index >= 15 is 0 Å². The fourth-order valence-corrected chi connectivity index (χ4v) is 1.83. The molecule has 96 valence electrons. The molecule has 1 aromatic heterocycles. The van der Waals surface area contributed by atoms with Crippen LogP contribution in [0.4, 0.5) is 0 Å². The third-order valence-electron chi connectivity index (χ3n) is 2.73. The van der Waals surface area contributed by atoms with Gasteiger partial charge in [0.05, 0.1) is 0 Å². The third-order valence-corrected chi connectivity index (χ3v) is 2.73. The minimum atomic E-state index is -0.0730. The first kappa shape index (κ1) is 12.6. The highest BCUT2D eigenvalue weighted by atomic mass is 16.5. The van der Waals surface area contributed by atoms with Crippen LogP contribution in [0.25, 0.3) is 0 Å². The molecule has 1 N–H and O–H groups in total. The van der Waals surface area contributed by atoms with Crippen LogP contribution in [0, 0.1) is 0 Å². The number of carbonyl (C=O) groups excluding carboxylic acids is 1. The van der Waals surface area contributed by atoms with Crippen molar-refractivity contribution < 1.29 is 9.53 Å². The summed E-state index contributed by atoms with van der Waals surface area (Å²) in [5.74, 6) is 0.442. The fraction of sp³-hybridized carbons (Fsp3) is 0.385. The van der Waals surface area contributed by atoms with E-state index in [4.69, 9.17) is 4.74 Å². The zero-order valence-corrected chi connectivity index (χ0v) is 10.3. The summed E-state index contributed by atoms with van der Waals surface area (Å²) in [6, 6.07) is 3.51. The molecule has 1 aliphatic heterocycles. The second-order valence-electron chi connectivity index (χ2n) is 3.99. The molecule has 0 bridgehead atoms. The van der Waals surface area contributed by atoms with Crippen LogP contribution in [-0.4, -0.2) is 48.6 Å². The molecule has 1 fully saturated rings. The van der Waals surface area contributed by atoms with E-state index in [1.807, 2.05) is 0 Å². The Kier molecular flexibility index (Phi) is 4.30. The Balaban J connectivity index is 2.15. The Hall–Kier alpha value is -1.88. The maximum absolute atomic E-state index is 12.3. The number of pyridine rings is 1. The third kappa shape index (κ3) is 2.87. The number of hydrogen-bond donors (Lipinski definition) is 1. The van der Waals surface area contributed by atoms with Gasteiger partial charge in [-0.05, 0) is 12.1 Å². The maximum Gasteiger partial charge on any atom is 0.276 e. The summed E-state index contributed by atoms with van der Waals surface area (Å²) in [6.45, 7) is 7.01. The van der Waals surface area contributed by atoms with Crippen LogP contribution in [0.1, 0.15) is 10.5 Å². The first-order valence-corrected chi connectivity index (χ1v) is 6.01. The van der Waals surface area contributed by atoms with Gasteiger partial charge in [-0.1, -0.05) is 12.7 Å². The summed E-state index contributed by atoms with van der Waals surface area (Å²) in [5, 5.41) is 3.21. The second-order valence-corrected chi connectivity index (χ2v) is 3.99. The number of carbonyl (C=O) groups is 1. The van der Waals surface area contributed by atoms with Crippen molar-refractivity contribution in [3.8, 4) is 5.75 Å². The van der Waals surface area contributed by atoms with Crippen LogP contribution in [0.5, 0.6) is 5.75 Å². The van der Waals surface area contributed by atoms with Crippen molar-refractivity contribution in [3.05, 3.63) is 36.7 Å². The Labute approximate surface area is 106 Å². The topological polar surface area (TPSA) is 54.5 Å². The first-order valence-electron chi connectivity index (χ1n) is 6.01. The Morgan fingerprint density at radius 3 is 3.06 bits per heavy atom. The molecular weight excluding hydrogens is 230 g/mol. The van der Waals surface area contributed by atoms with Crippen molar-refractivity contribution in [2.24, 2.45) is 0 Å². The largest absolute Gasteiger partial charge is 0.487 e.